The smallest absolute Gasteiger partial charge is 0.359 e. The third-order valence-corrected chi connectivity index (χ3v) is 2.67. The molecule has 0 aliphatic heterocycles. The summed E-state index contributed by atoms with van der Waals surface area (Å²) in [6, 6.07) is 1.13. The van der Waals surface area contributed by atoms with Gasteiger partial charge in [-0.05, 0) is 26.0 Å². The highest BCUT2D eigenvalue weighted by atomic mass is 19.4. The van der Waals surface area contributed by atoms with Gasteiger partial charge >= 0.3 is 6.18 Å². The molecule has 0 bridgehead atoms. The summed E-state index contributed by atoms with van der Waals surface area (Å²) in [5.74, 6) is -0.179. The maximum Gasteiger partial charge on any atom is 0.416 e. The molecule has 0 spiro atoms. The normalized spacial score (nSPS) is 12.9. The summed E-state index contributed by atoms with van der Waals surface area (Å²) in [6.45, 7) is 3.92. The molecule has 1 heterocycles. The van der Waals surface area contributed by atoms with E-state index in [9.17, 15) is 18.0 Å². The monoisotopic (exact) mass is 275 g/mol. The first-order valence-electron chi connectivity index (χ1n) is 5.80. The van der Waals surface area contributed by atoms with Gasteiger partial charge in [-0.1, -0.05) is 0 Å². The molecule has 1 unspecified atom stereocenters. The molecule has 1 amide bonds. The predicted molar refractivity (Wildman–Crippen MR) is 65.6 cm³/mol. The second-order valence-electron chi connectivity index (χ2n) is 4.15. The molecule has 1 aromatic heterocycles. The first-order chi connectivity index (χ1) is 8.75. The number of hydrogen-bond acceptors (Lipinski definition) is 3. The molecule has 4 nitrogen and oxygen atoms in total. The lowest BCUT2D eigenvalue weighted by Crippen LogP contribution is -2.39. The molecule has 0 fully saturated rings. The molecule has 1 atom stereocenters. The van der Waals surface area contributed by atoms with E-state index < -0.39 is 17.8 Å². The van der Waals surface area contributed by atoms with Crippen molar-refractivity contribution in [2.75, 3.05) is 18.9 Å². The quantitative estimate of drug-likeness (QED) is 0.917. The van der Waals surface area contributed by atoms with Crippen molar-refractivity contribution in [3.05, 3.63) is 23.9 Å². The fourth-order valence-corrected chi connectivity index (χ4v) is 1.46. The molecule has 0 aliphatic carbocycles. The Balaban J connectivity index is 2.80. The Labute approximate surface area is 109 Å². The Kier molecular flexibility index (Phi) is 4.74. The maximum absolute atomic E-state index is 12.5. The topological polar surface area (TPSA) is 45.2 Å². The van der Waals surface area contributed by atoms with Crippen molar-refractivity contribution in [1.82, 2.24) is 9.88 Å². The van der Waals surface area contributed by atoms with Gasteiger partial charge in [-0.25, -0.2) is 4.98 Å². The van der Waals surface area contributed by atoms with Crippen LogP contribution in [0.4, 0.5) is 19.0 Å². The van der Waals surface area contributed by atoms with E-state index in [-0.39, 0.29) is 11.7 Å². The van der Waals surface area contributed by atoms with Gasteiger partial charge in [0.25, 0.3) is 0 Å². The van der Waals surface area contributed by atoms with Crippen LogP contribution in [0.1, 0.15) is 19.4 Å². The Morgan fingerprint density at radius 1 is 1.53 bits per heavy atom. The molecule has 0 saturated heterocycles. The highest BCUT2D eigenvalue weighted by molar-refractivity contribution is 5.83. The zero-order valence-corrected chi connectivity index (χ0v) is 11.0. The second kappa shape index (κ2) is 5.90. The Morgan fingerprint density at radius 3 is 2.68 bits per heavy atom. The van der Waals surface area contributed by atoms with Gasteiger partial charge in [0.1, 0.15) is 11.9 Å². The van der Waals surface area contributed by atoms with Crippen molar-refractivity contribution >= 4 is 11.7 Å². The number of anilines is 1. The minimum absolute atomic E-state index is 0.0279. The molecule has 0 aliphatic rings. The Bertz CT molecular complexity index is 448. The highest BCUT2D eigenvalue weighted by Gasteiger charge is 2.31. The molecule has 1 aromatic rings. The third-order valence-electron chi connectivity index (χ3n) is 2.67. The Morgan fingerprint density at radius 2 is 2.16 bits per heavy atom. The average Bonchev–Trinajstić information content (AvgIpc) is 2.36. The predicted octanol–water partition coefficient (Wildman–Crippen LogP) is 2.38. The van der Waals surface area contributed by atoms with E-state index in [1.54, 1.807) is 14.0 Å². The van der Waals surface area contributed by atoms with Crippen molar-refractivity contribution in [2.24, 2.45) is 0 Å². The van der Waals surface area contributed by atoms with Crippen LogP contribution in [-0.4, -0.2) is 35.4 Å². The van der Waals surface area contributed by atoms with Crippen molar-refractivity contribution in [3.8, 4) is 0 Å². The van der Waals surface area contributed by atoms with E-state index in [4.69, 9.17) is 0 Å². The molecular formula is C12H16F3N3O. The molecule has 19 heavy (non-hydrogen) atoms. The minimum atomic E-state index is -4.42. The third kappa shape index (κ3) is 4.11. The van der Waals surface area contributed by atoms with E-state index in [0.29, 0.717) is 6.54 Å². The summed E-state index contributed by atoms with van der Waals surface area (Å²) < 4.78 is 37.5. The van der Waals surface area contributed by atoms with E-state index in [1.165, 1.54) is 4.90 Å². The number of amides is 1. The number of nitrogens with one attached hydrogen (secondary N) is 1. The van der Waals surface area contributed by atoms with Gasteiger partial charge in [0.05, 0.1) is 5.56 Å². The number of alkyl halides is 3. The summed E-state index contributed by atoms with van der Waals surface area (Å²) in [5, 5.41) is 2.67. The van der Waals surface area contributed by atoms with Gasteiger partial charge in [-0.2, -0.15) is 13.2 Å². The number of carbonyl (C=O) groups is 1. The standard InChI is InChI=1S/C12H16F3N3O/c1-4-18(3)11(19)8(2)17-10-7-9(5-6-16-10)12(13,14)15/h5-8H,4H2,1-3H3,(H,16,17). The number of carbonyl (C=O) groups excluding carboxylic acids is 1. The molecule has 7 heteroatoms. The fraction of sp³-hybridized carbons (Fsp3) is 0.500. The van der Waals surface area contributed by atoms with Crippen LogP contribution in [0, 0.1) is 0 Å². The second-order valence-corrected chi connectivity index (χ2v) is 4.15. The van der Waals surface area contributed by atoms with E-state index >= 15 is 0 Å². The van der Waals surface area contributed by atoms with E-state index in [0.717, 1.165) is 18.3 Å². The van der Waals surface area contributed by atoms with Crippen molar-refractivity contribution < 1.29 is 18.0 Å². The van der Waals surface area contributed by atoms with Crippen molar-refractivity contribution in [2.45, 2.75) is 26.1 Å². The first-order valence-corrected chi connectivity index (χ1v) is 5.80. The van der Waals surface area contributed by atoms with Crippen LogP contribution in [0.3, 0.4) is 0 Å². The number of hydrogen-bond donors (Lipinski definition) is 1. The van der Waals surface area contributed by atoms with Crippen LogP contribution in [0.15, 0.2) is 18.3 Å². The highest BCUT2D eigenvalue weighted by Crippen LogP contribution is 2.29. The van der Waals surface area contributed by atoms with Crippen LogP contribution < -0.4 is 5.32 Å². The molecule has 0 saturated carbocycles. The maximum atomic E-state index is 12.5. The van der Waals surface area contributed by atoms with E-state index in [1.807, 2.05) is 6.92 Å². The average molecular weight is 275 g/mol. The molecule has 1 rings (SSSR count). The van der Waals surface area contributed by atoms with Gasteiger partial charge in [-0.15, -0.1) is 0 Å². The van der Waals surface area contributed by atoms with Gasteiger partial charge in [-0.3, -0.25) is 4.79 Å². The van der Waals surface area contributed by atoms with Crippen LogP contribution in [0.25, 0.3) is 0 Å². The first kappa shape index (κ1) is 15.3. The molecule has 0 radical (unpaired) electrons. The molecule has 1 N–H and O–H groups in total. The zero-order valence-electron chi connectivity index (χ0n) is 11.0. The van der Waals surface area contributed by atoms with E-state index in [2.05, 4.69) is 10.3 Å². The summed E-state index contributed by atoms with van der Waals surface area (Å²) in [7, 11) is 1.63. The lowest BCUT2D eigenvalue weighted by atomic mass is 10.2. The fourth-order valence-electron chi connectivity index (χ4n) is 1.46. The largest absolute Gasteiger partial charge is 0.416 e. The van der Waals surface area contributed by atoms with Crippen LogP contribution in [-0.2, 0) is 11.0 Å². The summed E-state index contributed by atoms with van der Waals surface area (Å²) in [5.41, 5.74) is -0.798. The van der Waals surface area contributed by atoms with Gasteiger partial charge in [0.2, 0.25) is 5.91 Å². The summed E-state index contributed by atoms with van der Waals surface area (Å²) in [6.07, 6.45) is -3.36. The van der Waals surface area contributed by atoms with Crippen LogP contribution in [0.2, 0.25) is 0 Å². The van der Waals surface area contributed by atoms with Gasteiger partial charge in [0.15, 0.2) is 0 Å². The number of pyridine rings is 1. The lowest BCUT2D eigenvalue weighted by Gasteiger charge is -2.21. The zero-order chi connectivity index (χ0) is 14.6. The molecule has 0 aromatic carbocycles. The molecule has 106 valence electrons. The number of likely N-dealkylation sites (N-methyl/N-ethyl adjacent to an activating group) is 1. The number of aromatic nitrogens is 1. The van der Waals surface area contributed by atoms with Crippen molar-refractivity contribution in [3.63, 3.8) is 0 Å². The van der Waals surface area contributed by atoms with Crippen LogP contribution >= 0.6 is 0 Å². The van der Waals surface area contributed by atoms with Crippen molar-refractivity contribution in [1.29, 1.82) is 0 Å². The summed E-state index contributed by atoms with van der Waals surface area (Å²) >= 11 is 0. The van der Waals surface area contributed by atoms with Gasteiger partial charge in [0, 0.05) is 19.8 Å². The lowest BCUT2D eigenvalue weighted by molar-refractivity contribution is -0.137. The number of rotatable bonds is 4. The number of halogens is 3. The minimum Gasteiger partial charge on any atom is -0.359 e. The van der Waals surface area contributed by atoms with Gasteiger partial charge < -0.3 is 10.2 Å². The summed E-state index contributed by atoms with van der Waals surface area (Å²) in [4.78, 5) is 17.0. The van der Waals surface area contributed by atoms with Crippen LogP contribution in [0.5, 0.6) is 0 Å². The SMILES string of the molecule is CCN(C)C(=O)C(C)Nc1cc(C(F)(F)F)ccn1. The Hall–Kier alpha value is -1.79. The number of nitrogens with zero attached hydrogens (tertiary/aromatic N) is 2. The molecular weight excluding hydrogens is 259 g/mol.